The van der Waals surface area contributed by atoms with Crippen molar-refractivity contribution in [1.82, 2.24) is 0 Å². The Bertz CT molecular complexity index is 1010. The van der Waals surface area contributed by atoms with Crippen LogP contribution in [0.4, 0.5) is 5.00 Å². The molecule has 1 amide bonds. The van der Waals surface area contributed by atoms with Crippen molar-refractivity contribution in [2.45, 2.75) is 6.92 Å². The molecule has 0 saturated heterocycles. The van der Waals surface area contributed by atoms with Gasteiger partial charge in [-0.1, -0.05) is 18.2 Å². The zero-order chi connectivity index (χ0) is 21.3. The van der Waals surface area contributed by atoms with Crippen molar-refractivity contribution in [3.63, 3.8) is 0 Å². The Kier molecular flexibility index (Phi) is 7.78. The van der Waals surface area contributed by atoms with Gasteiger partial charge in [0.2, 0.25) is 5.91 Å². The highest BCUT2D eigenvalue weighted by atomic mass is 32.1. The van der Waals surface area contributed by atoms with E-state index in [2.05, 4.69) is 5.32 Å². The Balaban J connectivity index is 1.73. The lowest BCUT2D eigenvalue weighted by molar-refractivity contribution is -0.111. The predicted octanol–water partition coefficient (Wildman–Crippen LogP) is 5.29. The summed E-state index contributed by atoms with van der Waals surface area (Å²) in [5.41, 5.74) is 1.98. The van der Waals surface area contributed by atoms with Gasteiger partial charge < -0.3 is 19.5 Å². The normalized spacial score (nSPS) is 10.9. The molecule has 30 heavy (non-hydrogen) atoms. The molecule has 1 aromatic carbocycles. The molecule has 0 unspecified atom stereocenters. The fourth-order valence-electron chi connectivity index (χ4n) is 2.60. The largest absolute Gasteiger partial charge is 0.468 e. The van der Waals surface area contributed by atoms with Gasteiger partial charge in [-0.15, -0.1) is 22.7 Å². The third-order valence-electron chi connectivity index (χ3n) is 3.94. The molecule has 0 aliphatic rings. The van der Waals surface area contributed by atoms with E-state index in [4.69, 9.17) is 14.2 Å². The quantitative estimate of drug-likeness (QED) is 0.276. The number of esters is 1. The van der Waals surface area contributed by atoms with E-state index in [0.29, 0.717) is 16.3 Å². The molecule has 2 heterocycles. The molecule has 0 aliphatic carbocycles. The van der Waals surface area contributed by atoms with Crippen LogP contribution < -0.4 is 10.1 Å². The Hall–Kier alpha value is -2.94. The van der Waals surface area contributed by atoms with E-state index in [9.17, 15) is 9.59 Å². The van der Waals surface area contributed by atoms with E-state index in [1.165, 1.54) is 28.7 Å². The highest BCUT2D eigenvalue weighted by molar-refractivity contribution is 7.17. The number of thiophene rings is 2. The van der Waals surface area contributed by atoms with Crippen LogP contribution in [0.15, 0.2) is 53.2 Å². The third kappa shape index (κ3) is 5.56. The zero-order valence-electron chi connectivity index (χ0n) is 16.5. The van der Waals surface area contributed by atoms with Crippen LogP contribution in [0.25, 0.3) is 16.5 Å². The summed E-state index contributed by atoms with van der Waals surface area (Å²) >= 11 is 2.83. The summed E-state index contributed by atoms with van der Waals surface area (Å²) in [5, 5.41) is 7.06. The number of ether oxygens (including phenoxy) is 3. The SMILES string of the molecule is CCOC(=O)c1c(-c2cccs2)csc1NC(=O)/C=C/c1ccc(OCOC)cc1. The second kappa shape index (κ2) is 10.7. The number of anilines is 1. The molecule has 0 bridgehead atoms. The molecule has 6 nitrogen and oxygen atoms in total. The Labute approximate surface area is 182 Å². The lowest BCUT2D eigenvalue weighted by Gasteiger charge is -2.07. The van der Waals surface area contributed by atoms with Crippen molar-refractivity contribution in [2.75, 3.05) is 25.8 Å². The highest BCUT2D eigenvalue weighted by Gasteiger charge is 2.22. The number of carbonyl (C=O) groups is 2. The van der Waals surface area contributed by atoms with E-state index < -0.39 is 5.97 Å². The third-order valence-corrected chi connectivity index (χ3v) is 5.74. The summed E-state index contributed by atoms with van der Waals surface area (Å²) in [6, 6.07) is 11.1. The Morgan fingerprint density at radius 1 is 1.13 bits per heavy atom. The molecule has 8 heteroatoms. The van der Waals surface area contributed by atoms with Crippen LogP contribution in [-0.4, -0.2) is 32.4 Å². The molecule has 0 fully saturated rings. The fourth-order valence-corrected chi connectivity index (χ4v) is 4.37. The summed E-state index contributed by atoms with van der Waals surface area (Å²) in [7, 11) is 1.56. The van der Waals surface area contributed by atoms with Crippen LogP contribution in [0.3, 0.4) is 0 Å². The molecule has 2 aromatic heterocycles. The van der Waals surface area contributed by atoms with Gasteiger partial charge >= 0.3 is 5.97 Å². The molecule has 1 N–H and O–H groups in total. The number of nitrogens with one attached hydrogen (secondary N) is 1. The van der Waals surface area contributed by atoms with Crippen LogP contribution in [0, 0.1) is 0 Å². The summed E-state index contributed by atoms with van der Waals surface area (Å²) < 4.78 is 15.4. The summed E-state index contributed by atoms with van der Waals surface area (Å²) in [6.45, 7) is 2.19. The lowest BCUT2D eigenvalue weighted by atomic mass is 10.1. The van der Waals surface area contributed by atoms with E-state index in [1.807, 2.05) is 35.0 Å². The molecule has 156 valence electrons. The first kappa shape index (κ1) is 21.8. The highest BCUT2D eigenvalue weighted by Crippen LogP contribution is 2.38. The van der Waals surface area contributed by atoms with Gasteiger partial charge in [-0.3, -0.25) is 4.79 Å². The molecule has 0 spiro atoms. The number of hydrogen-bond acceptors (Lipinski definition) is 7. The predicted molar refractivity (Wildman–Crippen MR) is 120 cm³/mol. The zero-order valence-corrected chi connectivity index (χ0v) is 18.2. The van der Waals surface area contributed by atoms with Crippen molar-refractivity contribution in [2.24, 2.45) is 0 Å². The van der Waals surface area contributed by atoms with Crippen molar-refractivity contribution in [3.8, 4) is 16.2 Å². The van der Waals surface area contributed by atoms with Gasteiger partial charge in [0.05, 0.1) is 6.61 Å². The maximum Gasteiger partial charge on any atom is 0.341 e. The van der Waals surface area contributed by atoms with E-state index in [0.717, 1.165) is 16.0 Å². The van der Waals surface area contributed by atoms with E-state index in [-0.39, 0.29) is 19.3 Å². The summed E-state index contributed by atoms with van der Waals surface area (Å²) in [4.78, 5) is 25.9. The average Bonchev–Trinajstić information content (AvgIpc) is 3.41. The minimum Gasteiger partial charge on any atom is -0.468 e. The Morgan fingerprint density at radius 2 is 1.93 bits per heavy atom. The van der Waals surface area contributed by atoms with Crippen LogP contribution in [0.1, 0.15) is 22.8 Å². The fraction of sp³-hybridized carbons (Fsp3) is 0.182. The van der Waals surface area contributed by atoms with Crippen molar-refractivity contribution in [1.29, 1.82) is 0 Å². The molecular formula is C22H21NO5S2. The van der Waals surface area contributed by atoms with Gasteiger partial charge in [0, 0.05) is 29.0 Å². The number of amides is 1. The van der Waals surface area contributed by atoms with E-state index >= 15 is 0 Å². The van der Waals surface area contributed by atoms with Crippen LogP contribution in [0.2, 0.25) is 0 Å². The molecule has 3 rings (SSSR count). The van der Waals surface area contributed by atoms with Gasteiger partial charge in [-0.05, 0) is 42.1 Å². The van der Waals surface area contributed by atoms with Crippen LogP contribution >= 0.6 is 22.7 Å². The monoisotopic (exact) mass is 443 g/mol. The second-order valence-corrected chi connectivity index (χ2v) is 7.82. The number of methoxy groups -OCH3 is 1. The molecule has 0 radical (unpaired) electrons. The second-order valence-electron chi connectivity index (χ2n) is 5.99. The van der Waals surface area contributed by atoms with Gasteiger partial charge in [0.15, 0.2) is 6.79 Å². The average molecular weight is 444 g/mol. The van der Waals surface area contributed by atoms with Crippen molar-refractivity contribution in [3.05, 3.63) is 64.4 Å². The molecule has 0 saturated carbocycles. The van der Waals surface area contributed by atoms with Crippen molar-refractivity contribution < 1.29 is 23.8 Å². The van der Waals surface area contributed by atoms with Gasteiger partial charge in [0.1, 0.15) is 16.3 Å². The minimum atomic E-state index is -0.451. The molecule has 0 atom stereocenters. The van der Waals surface area contributed by atoms with Gasteiger partial charge in [0.25, 0.3) is 0 Å². The van der Waals surface area contributed by atoms with Crippen LogP contribution in [0.5, 0.6) is 5.75 Å². The first-order valence-corrected chi connectivity index (χ1v) is 10.9. The molecule has 0 aliphatic heterocycles. The molecule has 3 aromatic rings. The van der Waals surface area contributed by atoms with Crippen LogP contribution in [-0.2, 0) is 14.3 Å². The number of carbonyl (C=O) groups excluding carboxylic acids is 2. The number of benzene rings is 1. The number of rotatable bonds is 9. The van der Waals surface area contributed by atoms with Gasteiger partial charge in [-0.25, -0.2) is 4.79 Å². The van der Waals surface area contributed by atoms with E-state index in [1.54, 1.807) is 32.2 Å². The maximum atomic E-state index is 12.5. The minimum absolute atomic E-state index is 0.175. The van der Waals surface area contributed by atoms with Crippen molar-refractivity contribution >= 4 is 45.6 Å². The summed E-state index contributed by atoms with van der Waals surface area (Å²) in [6.07, 6.45) is 3.11. The topological polar surface area (TPSA) is 73.9 Å². The smallest absolute Gasteiger partial charge is 0.341 e. The number of hydrogen-bond donors (Lipinski definition) is 1. The molecular weight excluding hydrogens is 422 g/mol. The Morgan fingerprint density at radius 3 is 2.60 bits per heavy atom. The summed E-state index contributed by atoms with van der Waals surface area (Å²) in [5.74, 6) is -0.106. The lowest BCUT2D eigenvalue weighted by Crippen LogP contribution is -2.12. The first-order chi connectivity index (χ1) is 14.6. The maximum absolute atomic E-state index is 12.5. The standard InChI is InChI=1S/C22H21NO5S2/c1-3-27-22(25)20-17(18-5-4-12-29-18)13-30-21(20)23-19(24)11-8-15-6-9-16(10-7-15)28-14-26-2/h4-13H,3,14H2,1-2H3,(H,23,24)/b11-8+. The van der Waals surface area contributed by atoms with Gasteiger partial charge in [-0.2, -0.15) is 0 Å². The first-order valence-electron chi connectivity index (χ1n) is 9.15.